The Morgan fingerprint density at radius 3 is 2.06 bits per heavy atom. The summed E-state index contributed by atoms with van der Waals surface area (Å²) in [5.41, 5.74) is 0.0711. The number of alkyl carbamates (subject to hydrolysis) is 1. The molecule has 1 aromatic carbocycles. The van der Waals surface area contributed by atoms with Crippen LogP contribution in [-0.4, -0.2) is 94.6 Å². The number of rotatable bonds is 23. The van der Waals surface area contributed by atoms with Gasteiger partial charge in [-0.1, -0.05) is 85.7 Å². The third kappa shape index (κ3) is 18.6. The van der Waals surface area contributed by atoms with Crippen LogP contribution in [0, 0.1) is 17.8 Å². The summed E-state index contributed by atoms with van der Waals surface area (Å²) < 4.78 is 34.9. The first-order valence-corrected chi connectivity index (χ1v) is 22.3. The topological polar surface area (TPSA) is 139 Å². The number of nitrogens with one attached hydrogen (secondary N) is 1. The number of benzene rings is 1. The van der Waals surface area contributed by atoms with E-state index in [-0.39, 0.29) is 42.7 Å². The summed E-state index contributed by atoms with van der Waals surface area (Å²) >= 11 is 0. The predicted molar refractivity (Wildman–Crippen MR) is 213 cm³/mol. The number of carbonyl (C=O) groups is 4. The van der Waals surface area contributed by atoms with Gasteiger partial charge in [0, 0.05) is 32.7 Å². The summed E-state index contributed by atoms with van der Waals surface area (Å²) in [6, 6.07) is 8.46. The van der Waals surface area contributed by atoms with Gasteiger partial charge in [-0.15, -0.1) is 0 Å². The molecule has 0 aliphatic carbocycles. The molecule has 0 heterocycles. The lowest BCUT2D eigenvalue weighted by Gasteiger charge is -2.39. The number of ether oxygens (including phenoxy) is 5. The Labute approximate surface area is 326 Å². The molecule has 0 radical (unpaired) electrons. The second-order valence-corrected chi connectivity index (χ2v) is 22.3. The van der Waals surface area contributed by atoms with Crippen molar-refractivity contribution in [2.75, 3.05) is 33.6 Å². The smallest absolute Gasteiger partial charge is 0.410 e. The van der Waals surface area contributed by atoms with Gasteiger partial charge in [0.15, 0.2) is 14.1 Å². The molecule has 54 heavy (non-hydrogen) atoms. The van der Waals surface area contributed by atoms with Crippen LogP contribution >= 0.6 is 0 Å². The summed E-state index contributed by atoms with van der Waals surface area (Å²) in [7, 11) is -0.529. The van der Waals surface area contributed by atoms with Crippen LogP contribution in [0.4, 0.5) is 9.59 Å². The standard InChI is InChI=1S/C41H72N2O10Si/c1-29(2)24-33(43(39(47)53-40(6,7)8)23-19-18-22-42-38(46)49-27-32-20-16-15-17-21-32)34(44)25-35(45)52-36(30(3)4)37(50-28-48-12)31(5)26-51-54(13,14)41(9,10)11/h15-17,20-21,29-31,33,36-37H,18-19,22-28H2,1-14H3,(H,42,46)/t31-,33-,36+,37+/m1/s1. The van der Waals surface area contributed by atoms with Crippen molar-refractivity contribution in [1.82, 2.24) is 10.2 Å². The largest absolute Gasteiger partial charge is 0.459 e. The second-order valence-electron chi connectivity index (χ2n) is 17.4. The lowest BCUT2D eigenvalue weighted by atomic mass is 9.92. The molecule has 0 aliphatic heterocycles. The second kappa shape index (κ2) is 23.2. The molecule has 12 nitrogen and oxygen atoms in total. The molecule has 0 aromatic heterocycles. The zero-order valence-corrected chi connectivity index (χ0v) is 36.7. The van der Waals surface area contributed by atoms with Crippen LogP contribution in [0.1, 0.15) is 107 Å². The highest BCUT2D eigenvalue weighted by Crippen LogP contribution is 2.37. The van der Waals surface area contributed by atoms with E-state index in [1.165, 1.54) is 12.0 Å². The maximum absolute atomic E-state index is 14.0. The van der Waals surface area contributed by atoms with Gasteiger partial charge in [-0.25, -0.2) is 9.59 Å². The number of nitrogens with zero attached hydrogens (tertiary/aromatic N) is 1. The van der Waals surface area contributed by atoms with Gasteiger partial charge in [0.05, 0.1) is 6.04 Å². The van der Waals surface area contributed by atoms with Gasteiger partial charge in [-0.3, -0.25) is 14.5 Å². The van der Waals surface area contributed by atoms with Crippen LogP contribution in [0.3, 0.4) is 0 Å². The van der Waals surface area contributed by atoms with Crippen molar-refractivity contribution in [2.45, 2.75) is 150 Å². The summed E-state index contributed by atoms with van der Waals surface area (Å²) in [4.78, 5) is 54.9. The molecule has 0 saturated heterocycles. The van der Waals surface area contributed by atoms with Gasteiger partial charge in [-0.05, 0) is 75.6 Å². The highest BCUT2D eigenvalue weighted by atomic mass is 28.4. The van der Waals surface area contributed by atoms with Crippen molar-refractivity contribution in [1.29, 1.82) is 0 Å². The predicted octanol–water partition coefficient (Wildman–Crippen LogP) is 8.52. The monoisotopic (exact) mass is 780 g/mol. The van der Waals surface area contributed by atoms with Crippen molar-refractivity contribution in [3.8, 4) is 0 Å². The molecule has 0 unspecified atom stereocenters. The van der Waals surface area contributed by atoms with Gasteiger partial charge < -0.3 is 33.4 Å². The zero-order chi connectivity index (χ0) is 41.3. The molecule has 1 aromatic rings. The molecule has 1 N–H and O–H groups in total. The van der Waals surface area contributed by atoms with Crippen LogP contribution in [0.5, 0.6) is 0 Å². The third-order valence-electron chi connectivity index (χ3n) is 9.40. The molecule has 0 bridgehead atoms. The van der Waals surface area contributed by atoms with Crippen molar-refractivity contribution in [2.24, 2.45) is 17.8 Å². The minimum Gasteiger partial charge on any atom is -0.459 e. The number of amides is 2. The van der Waals surface area contributed by atoms with Crippen molar-refractivity contribution in [3.05, 3.63) is 35.9 Å². The molecule has 2 amide bonds. The number of methoxy groups -OCH3 is 1. The van der Waals surface area contributed by atoms with Crippen molar-refractivity contribution >= 4 is 32.3 Å². The average Bonchev–Trinajstić information content (AvgIpc) is 3.05. The number of ketones is 1. The Morgan fingerprint density at radius 2 is 1.52 bits per heavy atom. The fourth-order valence-electron chi connectivity index (χ4n) is 5.36. The first-order valence-electron chi connectivity index (χ1n) is 19.4. The summed E-state index contributed by atoms with van der Waals surface area (Å²) in [6.07, 6.45) is -1.65. The van der Waals surface area contributed by atoms with E-state index in [1.807, 2.05) is 65.0 Å². The van der Waals surface area contributed by atoms with Crippen LogP contribution in [-0.2, 0) is 44.3 Å². The van der Waals surface area contributed by atoms with E-state index in [2.05, 4.69) is 39.2 Å². The van der Waals surface area contributed by atoms with Crippen LogP contribution in [0.25, 0.3) is 0 Å². The maximum atomic E-state index is 14.0. The molecule has 13 heteroatoms. The van der Waals surface area contributed by atoms with Crippen LogP contribution < -0.4 is 5.32 Å². The van der Waals surface area contributed by atoms with E-state index in [9.17, 15) is 19.2 Å². The highest BCUT2D eigenvalue weighted by Gasteiger charge is 2.40. The number of carbonyl (C=O) groups excluding carboxylic acids is 4. The number of esters is 1. The first kappa shape index (κ1) is 49.0. The average molecular weight is 781 g/mol. The lowest BCUT2D eigenvalue weighted by molar-refractivity contribution is -0.180. The summed E-state index contributed by atoms with van der Waals surface area (Å²) in [5, 5.41) is 2.76. The zero-order valence-electron chi connectivity index (χ0n) is 35.7. The highest BCUT2D eigenvalue weighted by molar-refractivity contribution is 6.74. The number of Topliss-reactive ketones (excluding diaryl/α,β-unsaturated/α-hetero) is 1. The van der Waals surface area contributed by atoms with E-state index in [4.69, 9.17) is 28.1 Å². The van der Waals surface area contributed by atoms with Crippen molar-refractivity contribution in [3.63, 3.8) is 0 Å². The van der Waals surface area contributed by atoms with Gasteiger partial charge in [0.25, 0.3) is 0 Å². The van der Waals surface area contributed by atoms with Gasteiger partial charge in [0.1, 0.15) is 37.6 Å². The van der Waals surface area contributed by atoms with E-state index in [0.29, 0.717) is 32.4 Å². The number of hydrogen-bond donors (Lipinski definition) is 1. The molecule has 1 rings (SSSR count). The molecular weight excluding hydrogens is 709 g/mol. The molecular formula is C41H72N2O10Si. The fourth-order valence-corrected chi connectivity index (χ4v) is 6.47. The number of unbranched alkanes of at least 4 members (excludes halogenated alkanes) is 1. The minimum atomic E-state index is -2.06. The normalized spacial score (nSPS) is 14.6. The Morgan fingerprint density at radius 1 is 0.889 bits per heavy atom. The van der Waals surface area contributed by atoms with Gasteiger partial charge >= 0.3 is 18.2 Å². The Hall–Kier alpha value is -3.00. The summed E-state index contributed by atoms with van der Waals surface area (Å²) in [5.74, 6) is -1.40. The van der Waals surface area contributed by atoms with E-state index >= 15 is 0 Å². The van der Waals surface area contributed by atoms with E-state index in [0.717, 1.165) is 5.56 Å². The molecule has 0 aliphatic rings. The molecule has 310 valence electrons. The quantitative estimate of drug-likeness (QED) is 0.0287. The van der Waals surface area contributed by atoms with E-state index < -0.39 is 62.5 Å². The Balaban J connectivity index is 3.10. The van der Waals surface area contributed by atoms with Crippen LogP contribution in [0.15, 0.2) is 30.3 Å². The van der Waals surface area contributed by atoms with Gasteiger partial charge in [-0.2, -0.15) is 0 Å². The molecule has 0 fully saturated rings. The summed E-state index contributed by atoms with van der Waals surface area (Å²) in [6.45, 7) is 27.0. The van der Waals surface area contributed by atoms with E-state index in [1.54, 1.807) is 20.8 Å². The first-order chi connectivity index (χ1) is 25.0. The maximum Gasteiger partial charge on any atom is 0.410 e. The molecule has 0 saturated carbocycles. The lowest BCUT2D eigenvalue weighted by Crippen LogP contribution is -2.49. The SMILES string of the molecule is COCO[C@@H]([C@H](C)CO[Si](C)(C)C(C)(C)C)[C@@H](OC(=O)CC(=O)[C@@H](CC(C)C)N(CCCCNC(=O)OCc1ccccc1)C(=O)OC(C)(C)C)C(C)C. The Bertz CT molecular complexity index is 1280. The van der Waals surface area contributed by atoms with Crippen LogP contribution in [0.2, 0.25) is 18.1 Å². The third-order valence-corrected chi connectivity index (χ3v) is 13.9. The van der Waals surface area contributed by atoms with Crippen molar-refractivity contribution < 1.29 is 47.3 Å². The van der Waals surface area contributed by atoms with Gasteiger partial charge in [0.2, 0.25) is 0 Å². The fraction of sp³-hybridized carbons (Fsp3) is 0.756. The minimum absolute atomic E-state index is 0.000499. The number of hydrogen-bond acceptors (Lipinski definition) is 10. The molecule has 0 spiro atoms. The Kier molecular flexibility index (Phi) is 21.0. The molecule has 4 atom stereocenters.